The average Bonchev–Trinajstić information content (AvgIpc) is 3.06. The van der Waals surface area contributed by atoms with Crippen molar-refractivity contribution in [3.8, 4) is 0 Å². The molecule has 3 unspecified atom stereocenters. The standard InChI is InChI=1S/C13H21NO3/c15-12-4-2-1-3-10(12)14(9-5-6-9)11-7-17-8-13(11)16/h9-11,13,16H,1-8H2. The third-order valence-corrected chi connectivity index (χ3v) is 4.26. The van der Waals surface area contributed by atoms with Crippen molar-refractivity contribution in [1.82, 2.24) is 4.90 Å². The molecule has 4 nitrogen and oxygen atoms in total. The number of aliphatic hydroxyl groups excluding tert-OH is 1. The molecule has 1 aliphatic heterocycles. The molecule has 3 rings (SSSR count). The SMILES string of the molecule is O=C1CCCCC1N(C1CC1)C1COCC1O. The molecule has 0 radical (unpaired) electrons. The normalized spacial score (nSPS) is 38.9. The first-order valence-electron chi connectivity index (χ1n) is 6.83. The number of carbonyl (C=O) groups is 1. The van der Waals surface area contributed by atoms with Crippen molar-refractivity contribution in [1.29, 1.82) is 0 Å². The van der Waals surface area contributed by atoms with Crippen LogP contribution in [0, 0.1) is 0 Å². The Kier molecular flexibility index (Phi) is 3.19. The quantitative estimate of drug-likeness (QED) is 0.788. The van der Waals surface area contributed by atoms with Gasteiger partial charge in [0.1, 0.15) is 5.78 Å². The lowest BCUT2D eigenvalue weighted by Gasteiger charge is -2.38. The Bertz CT molecular complexity index is 303. The van der Waals surface area contributed by atoms with E-state index in [2.05, 4.69) is 4.90 Å². The predicted octanol–water partition coefficient (Wildman–Crippen LogP) is 0.722. The Balaban J connectivity index is 1.76. The highest BCUT2D eigenvalue weighted by molar-refractivity contribution is 5.84. The minimum absolute atomic E-state index is 0.0505. The van der Waals surface area contributed by atoms with Gasteiger partial charge in [0.15, 0.2) is 0 Å². The summed E-state index contributed by atoms with van der Waals surface area (Å²) in [6.45, 7) is 1.01. The molecule has 2 aliphatic carbocycles. The van der Waals surface area contributed by atoms with E-state index in [1.807, 2.05) is 0 Å². The van der Waals surface area contributed by atoms with Gasteiger partial charge in [-0.05, 0) is 25.7 Å². The zero-order valence-corrected chi connectivity index (χ0v) is 10.2. The van der Waals surface area contributed by atoms with E-state index in [-0.39, 0.29) is 12.1 Å². The third kappa shape index (κ3) is 2.26. The third-order valence-electron chi connectivity index (χ3n) is 4.26. The van der Waals surface area contributed by atoms with Crippen LogP contribution in [0.5, 0.6) is 0 Å². The van der Waals surface area contributed by atoms with Gasteiger partial charge in [0.05, 0.1) is 31.4 Å². The van der Waals surface area contributed by atoms with Crippen molar-refractivity contribution in [3.63, 3.8) is 0 Å². The van der Waals surface area contributed by atoms with Gasteiger partial charge in [-0.1, -0.05) is 6.42 Å². The van der Waals surface area contributed by atoms with E-state index >= 15 is 0 Å². The highest BCUT2D eigenvalue weighted by Crippen LogP contribution is 2.36. The number of ether oxygens (including phenoxy) is 1. The smallest absolute Gasteiger partial charge is 0.149 e. The molecule has 2 saturated carbocycles. The molecule has 0 aromatic carbocycles. The lowest BCUT2D eigenvalue weighted by atomic mass is 9.91. The molecule has 4 heteroatoms. The second-order valence-electron chi connectivity index (χ2n) is 5.58. The molecule has 3 fully saturated rings. The van der Waals surface area contributed by atoms with E-state index in [1.54, 1.807) is 0 Å². The van der Waals surface area contributed by atoms with E-state index in [0.717, 1.165) is 25.7 Å². The minimum Gasteiger partial charge on any atom is -0.389 e. The van der Waals surface area contributed by atoms with Crippen LogP contribution < -0.4 is 0 Å². The van der Waals surface area contributed by atoms with E-state index in [1.165, 1.54) is 12.8 Å². The largest absolute Gasteiger partial charge is 0.389 e. The Hall–Kier alpha value is -0.450. The molecule has 17 heavy (non-hydrogen) atoms. The monoisotopic (exact) mass is 239 g/mol. The van der Waals surface area contributed by atoms with Gasteiger partial charge in [-0.2, -0.15) is 0 Å². The molecule has 0 bridgehead atoms. The Morgan fingerprint density at radius 2 is 2.00 bits per heavy atom. The van der Waals surface area contributed by atoms with Gasteiger partial charge in [-0.3, -0.25) is 9.69 Å². The molecule has 96 valence electrons. The lowest BCUT2D eigenvalue weighted by Crippen LogP contribution is -2.53. The van der Waals surface area contributed by atoms with Gasteiger partial charge < -0.3 is 9.84 Å². The number of hydrogen-bond acceptors (Lipinski definition) is 4. The van der Waals surface area contributed by atoms with Gasteiger partial charge in [0.25, 0.3) is 0 Å². The van der Waals surface area contributed by atoms with E-state index < -0.39 is 6.10 Å². The Morgan fingerprint density at radius 3 is 2.59 bits per heavy atom. The predicted molar refractivity (Wildman–Crippen MR) is 62.7 cm³/mol. The summed E-state index contributed by atoms with van der Waals surface area (Å²) in [5.41, 5.74) is 0. The van der Waals surface area contributed by atoms with Crippen molar-refractivity contribution in [2.45, 2.75) is 62.8 Å². The maximum Gasteiger partial charge on any atom is 0.149 e. The van der Waals surface area contributed by atoms with E-state index in [9.17, 15) is 9.90 Å². The minimum atomic E-state index is -0.412. The van der Waals surface area contributed by atoms with Crippen LogP contribution in [0.4, 0.5) is 0 Å². The maximum atomic E-state index is 12.1. The Morgan fingerprint density at radius 1 is 1.18 bits per heavy atom. The summed E-state index contributed by atoms with van der Waals surface area (Å²) in [7, 11) is 0. The first-order chi connectivity index (χ1) is 8.27. The van der Waals surface area contributed by atoms with E-state index in [0.29, 0.717) is 25.0 Å². The van der Waals surface area contributed by atoms with Gasteiger partial charge in [0.2, 0.25) is 0 Å². The second-order valence-corrected chi connectivity index (χ2v) is 5.58. The van der Waals surface area contributed by atoms with Crippen LogP contribution in [0.1, 0.15) is 38.5 Å². The molecule has 0 spiro atoms. The fraction of sp³-hybridized carbons (Fsp3) is 0.923. The van der Waals surface area contributed by atoms with E-state index in [4.69, 9.17) is 4.74 Å². The highest BCUT2D eigenvalue weighted by atomic mass is 16.5. The molecule has 1 N–H and O–H groups in total. The Labute approximate surface area is 102 Å². The number of ketones is 1. The van der Waals surface area contributed by atoms with Crippen LogP contribution >= 0.6 is 0 Å². The zero-order valence-electron chi connectivity index (χ0n) is 10.2. The zero-order chi connectivity index (χ0) is 11.8. The summed E-state index contributed by atoms with van der Waals surface area (Å²) < 4.78 is 5.35. The maximum absolute atomic E-state index is 12.1. The molecule has 1 saturated heterocycles. The van der Waals surface area contributed by atoms with Crippen LogP contribution in [0.15, 0.2) is 0 Å². The second kappa shape index (κ2) is 4.67. The number of Topliss-reactive ketones (excluding diaryl/α,β-unsaturated/α-hetero) is 1. The van der Waals surface area contributed by atoms with Crippen LogP contribution in [-0.2, 0) is 9.53 Å². The van der Waals surface area contributed by atoms with Crippen LogP contribution in [-0.4, -0.2) is 53.2 Å². The van der Waals surface area contributed by atoms with Gasteiger partial charge in [-0.15, -0.1) is 0 Å². The lowest BCUT2D eigenvalue weighted by molar-refractivity contribution is -0.128. The number of aliphatic hydroxyl groups is 1. The number of nitrogens with zero attached hydrogens (tertiary/aromatic N) is 1. The van der Waals surface area contributed by atoms with Crippen molar-refractivity contribution in [2.75, 3.05) is 13.2 Å². The van der Waals surface area contributed by atoms with Crippen LogP contribution in [0.2, 0.25) is 0 Å². The average molecular weight is 239 g/mol. The van der Waals surface area contributed by atoms with Crippen molar-refractivity contribution < 1.29 is 14.6 Å². The highest BCUT2D eigenvalue weighted by Gasteiger charge is 2.45. The van der Waals surface area contributed by atoms with Gasteiger partial charge in [0, 0.05) is 12.5 Å². The first-order valence-corrected chi connectivity index (χ1v) is 6.83. The summed E-state index contributed by atoms with van der Waals surface area (Å²) in [6.07, 6.45) is 5.81. The molecular formula is C13H21NO3. The first kappa shape index (κ1) is 11.6. The summed E-state index contributed by atoms with van der Waals surface area (Å²) in [5.74, 6) is 0.377. The molecule has 0 aromatic heterocycles. The van der Waals surface area contributed by atoms with Crippen molar-refractivity contribution in [3.05, 3.63) is 0 Å². The topological polar surface area (TPSA) is 49.8 Å². The number of hydrogen-bond donors (Lipinski definition) is 1. The van der Waals surface area contributed by atoms with Crippen molar-refractivity contribution >= 4 is 5.78 Å². The van der Waals surface area contributed by atoms with Crippen molar-refractivity contribution in [2.24, 2.45) is 0 Å². The molecular weight excluding hydrogens is 218 g/mol. The number of rotatable bonds is 3. The summed E-state index contributed by atoms with van der Waals surface area (Å²) in [5, 5.41) is 9.97. The number of carbonyl (C=O) groups excluding carboxylic acids is 1. The summed E-state index contributed by atoms with van der Waals surface area (Å²) >= 11 is 0. The fourth-order valence-electron chi connectivity index (χ4n) is 3.23. The molecule has 3 atom stereocenters. The van der Waals surface area contributed by atoms with Crippen LogP contribution in [0.25, 0.3) is 0 Å². The molecule has 0 aromatic rings. The van der Waals surface area contributed by atoms with Crippen LogP contribution in [0.3, 0.4) is 0 Å². The van der Waals surface area contributed by atoms with Gasteiger partial charge >= 0.3 is 0 Å². The molecule has 1 heterocycles. The fourth-order valence-corrected chi connectivity index (χ4v) is 3.23. The summed E-state index contributed by atoms with van der Waals surface area (Å²) in [6, 6.07) is 0.621. The molecule has 0 amide bonds. The molecule has 3 aliphatic rings. The van der Waals surface area contributed by atoms with Gasteiger partial charge in [-0.25, -0.2) is 0 Å². The summed E-state index contributed by atoms with van der Waals surface area (Å²) in [4.78, 5) is 14.4.